The van der Waals surface area contributed by atoms with Gasteiger partial charge < -0.3 is 15.5 Å². The highest BCUT2D eigenvalue weighted by molar-refractivity contribution is 7.89. The van der Waals surface area contributed by atoms with E-state index in [1.54, 1.807) is 11.2 Å². The molecule has 0 aliphatic carbocycles. The maximum absolute atomic E-state index is 12.5. The quantitative estimate of drug-likeness (QED) is 0.427. The molecule has 0 spiro atoms. The Hall–Kier alpha value is -3.01. The van der Waals surface area contributed by atoms with Crippen LogP contribution in [0, 0.1) is 5.92 Å². The molecule has 8 nitrogen and oxygen atoms in total. The zero-order valence-corrected chi connectivity index (χ0v) is 22.6. The molecular weight excluding hydrogens is 502 g/mol. The average molecular weight is 538 g/mol. The summed E-state index contributed by atoms with van der Waals surface area (Å²) in [6.07, 6.45) is 5.32. The first-order chi connectivity index (χ1) is 18.3. The summed E-state index contributed by atoms with van der Waals surface area (Å²) in [6.45, 7) is 3.84. The van der Waals surface area contributed by atoms with E-state index in [0.717, 1.165) is 46.9 Å². The van der Waals surface area contributed by atoms with Gasteiger partial charge in [0.05, 0.1) is 23.4 Å². The number of rotatable bonds is 9. The Morgan fingerprint density at radius 1 is 1.11 bits per heavy atom. The SMILES string of the molecule is CCS(=O)(=O)N1CCC(c2c[nH]c3c(C(N)=O)cc(-c4cccc(CCC(=O)C5CCOC5)c4)cc23)CC1. The number of carbonyl (C=O) groups excluding carboxylic acids is 2. The van der Waals surface area contributed by atoms with Crippen molar-refractivity contribution in [2.45, 2.75) is 44.9 Å². The van der Waals surface area contributed by atoms with Crippen molar-refractivity contribution in [1.29, 1.82) is 0 Å². The number of amides is 1. The molecule has 1 aromatic heterocycles. The maximum atomic E-state index is 12.5. The summed E-state index contributed by atoms with van der Waals surface area (Å²) in [5, 5.41) is 0.940. The van der Waals surface area contributed by atoms with Gasteiger partial charge in [-0.25, -0.2) is 12.7 Å². The molecule has 1 unspecified atom stereocenters. The van der Waals surface area contributed by atoms with Crippen LogP contribution in [-0.4, -0.2) is 61.5 Å². The van der Waals surface area contributed by atoms with Crippen LogP contribution in [-0.2, 0) is 26.0 Å². The molecule has 2 fully saturated rings. The Labute approximate surface area is 223 Å². The molecule has 2 aliphatic heterocycles. The lowest BCUT2D eigenvalue weighted by Crippen LogP contribution is -2.38. The van der Waals surface area contributed by atoms with Crippen LogP contribution in [0.25, 0.3) is 22.0 Å². The number of hydrogen-bond acceptors (Lipinski definition) is 5. The first-order valence-corrected chi connectivity index (χ1v) is 15.0. The first-order valence-electron chi connectivity index (χ1n) is 13.4. The number of nitrogens with two attached hydrogens (primary N) is 1. The molecule has 0 saturated carbocycles. The van der Waals surface area contributed by atoms with E-state index in [2.05, 4.69) is 17.1 Å². The molecule has 2 aromatic carbocycles. The van der Waals surface area contributed by atoms with Crippen molar-refractivity contribution in [3.63, 3.8) is 0 Å². The van der Waals surface area contributed by atoms with Crippen molar-refractivity contribution >= 4 is 32.6 Å². The molecule has 202 valence electrons. The lowest BCUT2D eigenvalue weighted by Gasteiger charge is -2.31. The normalized spacial score (nSPS) is 19.2. The number of aryl methyl sites for hydroxylation is 1. The summed E-state index contributed by atoms with van der Waals surface area (Å²) in [7, 11) is -3.20. The first kappa shape index (κ1) is 26.6. The number of Topliss-reactive ketones (excluding diaryl/α,β-unsaturated/α-hetero) is 1. The third-order valence-electron chi connectivity index (χ3n) is 8.04. The molecule has 38 heavy (non-hydrogen) atoms. The molecule has 0 radical (unpaired) electrons. The van der Waals surface area contributed by atoms with Crippen molar-refractivity contribution in [3.05, 3.63) is 59.3 Å². The van der Waals surface area contributed by atoms with Crippen LogP contribution >= 0.6 is 0 Å². The second-order valence-corrected chi connectivity index (χ2v) is 12.6. The number of hydrogen-bond donors (Lipinski definition) is 2. The minimum Gasteiger partial charge on any atom is -0.381 e. The van der Waals surface area contributed by atoms with Gasteiger partial charge in [-0.1, -0.05) is 24.3 Å². The molecule has 2 aliphatic rings. The van der Waals surface area contributed by atoms with E-state index in [1.165, 1.54) is 0 Å². The van der Waals surface area contributed by atoms with Crippen molar-refractivity contribution in [3.8, 4) is 11.1 Å². The van der Waals surface area contributed by atoms with Gasteiger partial charge in [-0.2, -0.15) is 0 Å². The Morgan fingerprint density at radius 2 is 1.89 bits per heavy atom. The van der Waals surface area contributed by atoms with Gasteiger partial charge in [0.2, 0.25) is 10.0 Å². The summed E-state index contributed by atoms with van der Waals surface area (Å²) in [4.78, 5) is 28.2. The monoisotopic (exact) mass is 537 g/mol. The molecule has 0 bridgehead atoms. The molecule has 1 amide bonds. The van der Waals surface area contributed by atoms with Crippen LogP contribution in [0.2, 0.25) is 0 Å². The highest BCUT2D eigenvalue weighted by Gasteiger charge is 2.29. The Morgan fingerprint density at radius 3 is 2.58 bits per heavy atom. The highest BCUT2D eigenvalue weighted by Crippen LogP contribution is 2.37. The van der Waals surface area contributed by atoms with Crippen molar-refractivity contribution in [1.82, 2.24) is 9.29 Å². The third-order valence-corrected chi connectivity index (χ3v) is 9.93. The maximum Gasteiger partial charge on any atom is 0.250 e. The number of ketones is 1. The largest absolute Gasteiger partial charge is 0.381 e. The second kappa shape index (κ2) is 11.0. The molecule has 3 N–H and O–H groups in total. The molecular formula is C29H35N3O5S. The van der Waals surface area contributed by atoms with Gasteiger partial charge in [0.1, 0.15) is 5.78 Å². The Kier molecular flexibility index (Phi) is 7.70. The van der Waals surface area contributed by atoms with E-state index in [9.17, 15) is 18.0 Å². The summed E-state index contributed by atoms with van der Waals surface area (Å²) in [5.41, 5.74) is 10.9. The third kappa shape index (κ3) is 5.41. The fourth-order valence-electron chi connectivity index (χ4n) is 5.75. The van der Waals surface area contributed by atoms with E-state index in [0.29, 0.717) is 50.2 Å². The topological polar surface area (TPSA) is 123 Å². The lowest BCUT2D eigenvalue weighted by atomic mass is 9.88. The van der Waals surface area contributed by atoms with Gasteiger partial charge in [-0.15, -0.1) is 0 Å². The Balaban J connectivity index is 1.41. The minimum atomic E-state index is -3.20. The average Bonchev–Trinajstić information content (AvgIpc) is 3.62. The molecule has 1 atom stereocenters. The number of fused-ring (bicyclic) bond motifs is 1. The van der Waals surface area contributed by atoms with Crippen molar-refractivity contribution in [2.75, 3.05) is 32.1 Å². The van der Waals surface area contributed by atoms with E-state index >= 15 is 0 Å². The number of benzene rings is 2. The number of primary amides is 1. The van der Waals surface area contributed by atoms with E-state index in [1.807, 2.05) is 30.5 Å². The molecule has 2 saturated heterocycles. The Bertz CT molecular complexity index is 1450. The molecule has 5 rings (SSSR count). The predicted octanol–water partition coefficient (Wildman–Crippen LogP) is 4.00. The minimum absolute atomic E-state index is 0.0136. The fourth-order valence-corrected chi connectivity index (χ4v) is 6.88. The molecule has 3 heterocycles. The van der Waals surface area contributed by atoms with E-state index in [-0.39, 0.29) is 23.4 Å². The number of piperidine rings is 1. The second-order valence-electron chi connectivity index (χ2n) is 10.4. The smallest absolute Gasteiger partial charge is 0.250 e. The number of nitrogens with zero attached hydrogens (tertiary/aromatic N) is 1. The van der Waals surface area contributed by atoms with Gasteiger partial charge in [0.25, 0.3) is 5.91 Å². The molecule has 3 aromatic rings. The van der Waals surface area contributed by atoms with E-state index < -0.39 is 15.9 Å². The lowest BCUT2D eigenvalue weighted by molar-refractivity contribution is -0.122. The predicted molar refractivity (Wildman–Crippen MR) is 148 cm³/mol. The van der Waals surface area contributed by atoms with E-state index in [4.69, 9.17) is 10.5 Å². The van der Waals surface area contributed by atoms with Crippen LogP contribution in [0.3, 0.4) is 0 Å². The van der Waals surface area contributed by atoms with Gasteiger partial charge >= 0.3 is 0 Å². The van der Waals surface area contributed by atoms with Gasteiger partial charge in [-0.3, -0.25) is 9.59 Å². The zero-order chi connectivity index (χ0) is 26.9. The summed E-state index contributed by atoms with van der Waals surface area (Å²) >= 11 is 0. The van der Waals surface area contributed by atoms with Crippen LogP contribution < -0.4 is 5.73 Å². The number of ether oxygens (including phenoxy) is 1. The number of nitrogens with one attached hydrogen (secondary N) is 1. The summed E-state index contributed by atoms with van der Waals surface area (Å²) < 4.78 is 31.5. The van der Waals surface area contributed by atoms with Gasteiger partial charge in [-0.05, 0) is 72.9 Å². The van der Waals surface area contributed by atoms with Crippen LogP contribution in [0.4, 0.5) is 0 Å². The van der Waals surface area contributed by atoms with Gasteiger partial charge in [0.15, 0.2) is 0 Å². The fraction of sp³-hybridized carbons (Fsp3) is 0.448. The molecule has 9 heteroatoms. The number of aromatic amines is 1. The number of sulfonamides is 1. The van der Waals surface area contributed by atoms with Crippen LogP contribution in [0.15, 0.2) is 42.6 Å². The summed E-state index contributed by atoms with van der Waals surface area (Å²) in [5.74, 6) is 0.0486. The number of H-pyrrole nitrogens is 1. The standard InChI is InChI=1S/C29H35N3O5S/c1-2-38(35,36)32-11-8-20(9-12-32)26-17-31-28-24(26)15-23(16-25(28)29(30)34)21-5-3-4-19(14-21)6-7-27(33)22-10-13-37-18-22/h3-5,14-17,20,22,31H,2,6-13,18H2,1H3,(H2,30,34). The number of carbonyl (C=O) groups is 2. The highest BCUT2D eigenvalue weighted by atomic mass is 32.2. The van der Waals surface area contributed by atoms with Gasteiger partial charge in [0, 0.05) is 43.6 Å². The van der Waals surface area contributed by atoms with Crippen LogP contribution in [0.1, 0.15) is 60.0 Å². The number of aromatic nitrogens is 1. The van der Waals surface area contributed by atoms with Crippen molar-refractivity contribution in [2.24, 2.45) is 11.7 Å². The van der Waals surface area contributed by atoms with Crippen molar-refractivity contribution < 1.29 is 22.7 Å². The summed E-state index contributed by atoms with van der Waals surface area (Å²) in [6, 6.07) is 12.0. The van der Waals surface area contributed by atoms with Crippen LogP contribution in [0.5, 0.6) is 0 Å². The zero-order valence-electron chi connectivity index (χ0n) is 21.7.